The second kappa shape index (κ2) is 8.81. The highest BCUT2D eigenvalue weighted by Crippen LogP contribution is 2.32. The van der Waals surface area contributed by atoms with E-state index in [2.05, 4.69) is 24.0 Å². The summed E-state index contributed by atoms with van der Waals surface area (Å²) in [5, 5.41) is 1.25. The Kier molecular flexibility index (Phi) is 5.97. The van der Waals surface area contributed by atoms with Gasteiger partial charge in [-0.3, -0.25) is 14.7 Å². The Labute approximate surface area is 183 Å². The third-order valence-electron chi connectivity index (χ3n) is 4.57. The molecule has 0 aliphatic heterocycles. The van der Waals surface area contributed by atoms with Gasteiger partial charge in [0.25, 0.3) is 5.91 Å². The number of halogens is 1. The summed E-state index contributed by atoms with van der Waals surface area (Å²) in [7, 11) is 0. The molecule has 5 nitrogen and oxygen atoms in total. The van der Waals surface area contributed by atoms with Crippen LogP contribution in [0.4, 0.5) is 5.13 Å². The lowest BCUT2D eigenvalue weighted by Gasteiger charge is -2.19. The molecule has 7 heteroatoms. The number of aromatic nitrogens is 2. The van der Waals surface area contributed by atoms with Crippen molar-refractivity contribution in [3.63, 3.8) is 0 Å². The van der Waals surface area contributed by atoms with E-state index in [4.69, 9.17) is 21.3 Å². The van der Waals surface area contributed by atoms with Crippen LogP contribution in [-0.2, 0) is 11.3 Å². The van der Waals surface area contributed by atoms with Gasteiger partial charge < -0.3 is 4.74 Å². The molecule has 152 valence electrons. The summed E-state index contributed by atoms with van der Waals surface area (Å²) >= 11 is 7.41. The van der Waals surface area contributed by atoms with Crippen molar-refractivity contribution in [2.24, 2.45) is 0 Å². The molecule has 0 saturated heterocycles. The molecule has 4 aromatic rings. The second-order valence-electron chi connectivity index (χ2n) is 6.97. The maximum absolute atomic E-state index is 13.1. The Morgan fingerprint density at radius 3 is 2.67 bits per heavy atom. The van der Waals surface area contributed by atoms with Gasteiger partial charge in [-0.15, -0.1) is 0 Å². The van der Waals surface area contributed by atoms with E-state index in [0.717, 1.165) is 21.5 Å². The highest BCUT2D eigenvalue weighted by Gasteiger charge is 2.22. The maximum atomic E-state index is 13.1. The monoisotopic (exact) mass is 437 g/mol. The molecule has 0 unspecified atom stereocenters. The van der Waals surface area contributed by atoms with Crippen molar-refractivity contribution in [2.75, 3.05) is 11.5 Å². The fraction of sp³-hybridized carbons (Fsp3) is 0.174. The van der Waals surface area contributed by atoms with Gasteiger partial charge in [-0.05, 0) is 67.4 Å². The molecule has 2 heterocycles. The van der Waals surface area contributed by atoms with Gasteiger partial charge in [-0.1, -0.05) is 35.1 Å². The zero-order chi connectivity index (χ0) is 21.1. The van der Waals surface area contributed by atoms with Crippen LogP contribution >= 0.6 is 22.9 Å². The number of ether oxygens (including phenoxy) is 1. The number of hydrogen-bond donors (Lipinski definition) is 0. The largest absolute Gasteiger partial charge is 0.484 e. The lowest BCUT2D eigenvalue weighted by Crippen LogP contribution is -2.34. The maximum Gasteiger partial charge on any atom is 0.267 e. The van der Waals surface area contributed by atoms with Gasteiger partial charge in [0.05, 0.1) is 22.5 Å². The summed E-state index contributed by atoms with van der Waals surface area (Å²) in [6.07, 6.45) is 1.72. The highest BCUT2D eigenvalue weighted by atomic mass is 35.5. The van der Waals surface area contributed by atoms with Crippen molar-refractivity contribution in [2.45, 2.75) is 20.4 Å². The molecular formula is C23H20ClN3O2S. The second-order valence-corrected chi connectivity index (χ2v) is 8.41. The molecule has 0 saturated carbocycles. The summed E-state index contributed by atoms with van der Waals surface area (Å²) in [4.78, 5) is 23.9. The minimum absolute atomic E-state index is 0.109. The number of thiazole rings is 1. The number of aryl methyl sites for hydroxylation is 2. The minimum Gasteiger partial charge on any atom is -0.484 e. The molecule has 0 spiro atoms. The van der Waals surface area contributed by atoms with Crippen LogP contribution in [0.3, 0.4) is 0 Å². The van der Waals surface area contributed by atoms with Crippen LogP contribution in [0.5, 0.6) is 5.75 Å². The van der Waals surface area contributed by atoms with Crippen LogP contribution in [0.1, 0.15) is 16.8 Å². The zero-order valence-corrected chi connectivity index (χ0v) is 18.2. The first-order valence-corrected chi connectivity index (χ1v) is 10.7. The number of anilines is 1. The number of pyridine rings is 1. The number of fused-ring (bicyclic) bond motifs is 1. The number of nitrogens with zero attached hydrogens (tertiary/aromatic N) is 3. The van der Waals surface area contributed by atoms with Gasteiger partial charge in [0.1, 0.15) is 5.75 Å². The van der Waals surface area contributed by atoms with Gasteiger partial charge in [0.2, 0.25) is 0 Å². The van der Waals surface area contributed by atoms with Gasteiger partial charge in [0.15, 0.2) is 11.7 Å². The van der Waals surface area contributed by atoms with Crippen molar-refractivity contribution in [3.05, 3.63) is 82.6 Å². The van der Waals surface area contributed by atoms with E-state index in [1.54, 1.807) is 35.4 Å². The van der Waals surface area contributed by atoms with Crippen LogP contribution in [-0.4, -0.2) is 22.5 Å². The molecule has 0 N–H and O–H groups in total. The smallest absolute Gasteiger partial charge is 0.267 e. The van der Waals surface area contributed by atoms with E-state index in [1.165, 1.54) is 16.9 Å². The minimum atomic E-state index is -0.191. The molecule has 1 amide bonds. The Hall–Kier alpha value is -2.96. The van der Waals surface area contributed by atoms with Gasteiger partial charge >= 0.3 is 0 Å². The van der Waals surface area contributed by atoms with E-state index >= 15 is 0 Å². The van der Waals surface area contributed by atoms with E-state index in [0.29, 0.717) is 22.4 Å². The normalized spacial score (nSPS) is 10.9. The summed E-state index contributed by atoms with van der Waals surface area (Å²) in [5.74, 6) is 0.394. The number of carbonyl (C=O) groups is 1. The fourth-order valence-corrected chi connectivity index (χ4v) is 4.43. The highest BCUT2D eigenvalue weighted by molar-refractivity contribution is 7.22. The predicted octanol–water partition coefficient (Wildman–Crippen LogP) is 5.57. The van der Waals surface area contributed by atoms with Crippen molar-refractivity contribution in [3.8, 4) is 5.75 Å². The SMILES string of the molecule is Cc1cc(C)c2nc(N(Cc3ccccn3)C(=O)COc3ccc(Cl)cc3)sc2c1. The number of carbonyl (C=O) groups excluding carboxylic acids is 1. The molecule has 2 aromatic heterocycles. The summed E-state index contributed by atoms with van der Waals surface area (Å²) < 4.78 is 6.74. The predicted molar refractivity (Wildman–Crippen MR) is 121 cm³/mol. The van der Waals surface area contributed by atoms with Crippen LogP contribution in [0, 0.1) is 13.8 Å². The molecule has 4 rings (SSSR count). The van der Waals surface area contributed by atoms with Crippen molar-refractivity contribution in [1.29, 1.82) is 0 Å². The molecule has 0 aliphatic rings. The van der Waals surface area contributed by atoms with Gasteiger partial charge in [-0.2, -0.15) is 0 Å². The first-order chi connectivity index (χ1) is 14.5. The molecule has 0 fully saturated rings. The first-order valence-electron chi connectivity index (χ1n) is 9.46. The Bertz CT molecular complexity index is 1180. The summed E-state index contributed by atoms with van der Waals surface area (Å²) in [5.41, 5.74) is 3.96. The van der Waals surface area contributed by atoms with Gasteiger partial charge in [-0.25, -0.2) is 4.98 Å². The summed E-state index contributed by atoms with van der Waals surface area (Å²) in [6.45, 7) is 4.31. The first kappa shape index (κ1) is 20.3. The van der Waals surface area contributed by atoms with E-state index in [-0.39, 0.29) is 12.5 Å². The van der Waals surface area contributed by atoms with E-state index in [9.17, 15) is 4.79 Å². The van der Waals surface area contributed by atoms with E-state index < -0.39 is 0 Å². The van der Waals surface area contributed by atoms with Crippen LogP contribution in [0.15, 0.2) is 60.8 Å². The Morgan fingerprint density at radius 1 is 1.13 bits per heavy atom. The standard InChI is InChI=1S/C23H20ClN3O2S/c1-15-11-16(2)22-20(12-15)30-23(26-22)27(13-18-5-3-4-10-25-18)21(28)14-29-19-8-6-17(24)7-9-19/h3-12H,13-14H2,1-2H3. The van der Waals surface area contributed by atoms with E-state index in [1.807, 2.05) is 25.1 Å². The average Bonchev–Trinajstić information content (AvgIpc) is 3.16. The van der Waals surface area contributed by atoms with Gasteiger partial charge in [0, 0.05) is 11.2 Å². The lowest BCUT2D eigenvalue weighted by atomic mass is 10.1. The Morgan fingerprint density at radius 2 is 1.93 bits per heavy atom. The molecule has 0 aliphatic carbocycles. The fourth-order valence-electron chi connectivity index (χ4n) is 3.14. The van der Waals surface area contributed by atoms with Crippen LogP contribution in [0.25, 0.3) is 10.2 Å². The molecular weight excluding hydrogens is 418 g/mol. The number of hydrogen-bond acceptors (Lipinski definition) is 5. The third kappa shape index (κ3) is 4.61. The summed E-state index contributed by atoms with van der Waals surface area (Å²) in [6, 6.07) is 16.8. The number of rotatable bonds is 6. The molecule has 0 radical (unpaired) electrons. The molecule has 30 heavy (non-hydrogen) atoms. The molecule has 2 aromatic carbocycles. The lowest BCUT2D eigenvalue weighted by molar-refractivity contribution is -0.120. The Balaban J connectivity index is 1.63. The van der Waals surface area contributed by atoms with Crippen LogP contribution in [0.2, 0.25) is 5.02 Å². The van der Waals surface area contributed by atoms with Crippen LogP contribution < -0.4 is 9.64 Å². The van der Waals surface area contributed by atoms with Crippen molar-refractivity contribution in [1.82, 2.24) is 9.97 Å². The van der Waals surface area contributed by atoms with Crippen molar-refractivity contribution < 1.29 is 9.53 Å². The average molecular weight is 438 g/mol. The topological polar surface area (TPSA) is 55.3 Å². The quantitative estimate of drug-likeness (QED) is 0.395. The number of benzene rings is 2. The molecule has 0 bridgehead atoms. The molecule has 0 atom stereocenters. The third-order valence-corrected chi connectivity index (χ3v) is 5.85. The van der Waals surface area contributed by atoms with Crippen molar-refractivity contribution >= 4 is 44.2 Å². The zero-order valence-electron chi connectivity index (χ0n) is 16.6. The number of amides is 1.